The van der Waals surface area contributed by atoms with Gasteiger partial charge in [-0.05, 0) is 37.6 Å². The van der Waals surface area contributed by atoms with Crippen LogP contribution < -0.4 is 10.3 Å². The summed E-state index contributed by atoms with van der Waals surface area (Å²) in [7, 11) is 0. The standard InChI is InChI=1S/C24H23N5O4/c1-15-3-4-18(11-26-15)24-21(16(2)33-28-24)13-29-23(30)10-19(12-27-29)17-5-7-25-22(9-17)32-20-6-8-31-14-20/h3-5,7,9-12,20H,6,8,13-14H2,1-2H3. The molecule has 168 valence electrons. The van der Waals surface area contributed by atoms with Gasteiger partial charge in [-0.2, -0.15) is 5.10 Å². The van der Waals surface area contributed by atoms with Gasteiger partial charge in [-0.15, -0.1) is 0 Å². The molecule has 0 radical (unpaired) electrons. The van der Waals surface area contributed by atoms with E-state index in [9.17, 15) is 4.79 Å². The topological polar surface area (TPSA) is 105 Å². The number of hydrogen-bond acceptors (Lipinski definition) is 8. The van der Waals surface area contributed by atoms with Crippen LogP contribution in [0.3, 0.4) is 0 Å². The molecular formula is C24H23N5O4. The van der Waals surface area contributed by atoms with Crippen LogP contribution in [0.25, 0.3) is 22.4 Å². The van der Waals surface area contributed by atoms with Crippen molar-refractivity contribution in [2.75, 3.05) is 13.2 Å². The van der Waals surface area contributed by atoms with E-state index in [0.717, 1.165) is 28.8 Å². The zero-order valence-corrected chi connectivity index (χ0v) is 18.4. The molecule has 0 aliphatic carbocycles. The molecule has 0 aromatic carbocycles. The SMILES string of the molecule is Cc1ccc(-c2noc(C)c2Cn2ncc(-c3ccnc(OC4CCOC4)c3)cc2=O)cn1. The molecule has 1 unspecified atom stereocenters. The lowest BCUT2D eigenvalue weighted by molar-refractivity contribution is 0.138. The van der Waals surface area contributed by atoms with E-state index in [0.29, 0.717) is 36.1 Å². The Morgan fingerprint density at radius 3 is 2.76 bits per heavy atom. The average Bonchev–Trinajstić information content (AvgIpc) is 3.46. The van der Waals surface area contributed by atoms with Crippen molar-refractivity contribution in [1.82, 2.24) is 24.9 Å². The fourth-order valence-corrected chi connectivity index (χ4v) is 3.70. The van der Waals surface area contributed by atoms with Crippen LogP contribution in [0.4, 0.5) is 0 Å². The molecule has 1 atom stereocenters. The summed E-state index contributed by atoms with van der Waals surface area (Å²) in [5, 5.41) is 8.56. The molecule has 5 rings (SSSR count). The first-order chi connectivity index (χ1) is 16.1. The highest BCUT2D eigenvalue weighted by molar-refractivity contribution is 5.63. The summed E-state index contributed by atoms with van der Waals surface area (Å²) < 4.78 is 18.0. The highest BCUT2D eigenvalue weighted by Crippen LogP contribution is 2.26. The Hall–Kier alpha value is -3.85. The number of aromatic nitrogens is 5. The van der Waals surface area contributed by atoms with Gasteiger partial charge < -0.3 is 14.0 Å². The number of rotatable bonds is 6. The van der Waals surface area contributed by atoms with E-state index in [1.54, 1.807) is 24.7 Å². The zero-order chi connectivity index (χ0) is 22.8. The number of hydrogen-bond donors (Lipinski definition) is 0. The van der Waals surface area contributed by atoms with Crippen LogP contribution in [0.1, 0.15) is 23.4 Å². The molecule has 1 aliphatic rings. The van der Waals surface area contributed by atoms with E-state index in [1.165, 1.54) is 4.68 Å². The number of ether oxygens (including phenoxy) is 2. The fourth-order valence-electron chi connectivity index (χ4n) is 3.70. The maximum atomic E-state index is 12.9. The van der Waals surface area contributed by atoms with E-state index in [-0.39, 0.29) is 18.2 Å². The van der Waals surface area contributed by atoms with Gasteiger partial charge in [-0.3, -0.25) is 9.78 Å². The highest BCUT2D eigenvalue weighted by atomic mass is 16.5. The quantitative estimate of drug-likeness (QED) is 0.446. The Morgan fingerprint density at radius 1 is 1.09 bits per heavy atom. The van der Waals surface area contributed by atoms with Crippen molar-refractivity contribution >= 4 is 0 Å². The Kier molecular flexibility index (Phi) is 5.70. The van der Waals surface area contributed by atoms with Gasteiger partial charge in [0.15, 0.2) is 0 Å². The molecule has 33 heavy (non-hydrogen) atoms. The minimum Gasteiger partial charge on any atom is -0.472 e. The van der Waals surface area contributed by atoms with Crippen molar-refractivity contribution < 1.29 is 14.0 Å². The highest BCUT2D eigenvalue weighted by Gasteiger charge is 2.19. The van der Waals surface area contributed by atoms with Crippen LogP contribution in [-0.2, 0) is 11.3 Å². The molecule has 9 nitrogen and oxygen atoms in total. The van der Waals surface area contributed by atoms with Gasteiger partial charge in [-0.1, -0.05) is 5.16 Å². The second kappa shape index (κ2) is 8.95. The van der Waals surface area contributed by atoms with Crippen LogP contribution >= 0.6 is 0 Å². The maximum absolute atomic E-state index is 12.9. The van der Waals surface area contributed by atoms with E-state index in [1.807, 2.05) is 38.1 Å². The summed E-state index contributed by atoms with van der Waals surface area (Å²) in [6, 6.07) is 9.04. The Bertz CT molecular complexity index is 1320. The van der Waals surface area contributed by atoms with Gasteiger partial charge >= 0.3 is 0 Å². The van der Waals surface area contributed by atoms with Gasteiger partial charge in [0, 0.05) is 53.3 Å². The predicted octanol–water partition coefficient (Wildman–Crippen LogP) is 3.19. The van der Waals surface area contributed by atoms with Gasteiger partial charge in [0.05, 0.1) is 26.0 Å². The third-order valence-corrected chi connectivity index (χ3v) is 5.59. The van der Waals surface area contributed by atoms with Crippen LogP contribution in [-0.4, -0.2) is 44.2 Å². The van der Waals surface area contributed by atoms with Crippen molar-refractivity contribution in [3.63, 3.8) is 0 Å². The van der Waals surface area contributed by atoms with Crippen LogP contribution in [0.2, 0.25) is 0 Å². The lowest BCUT2D eigenvalue weighted by atomic mass is 10.1. The summed E-state index contributed by atoms with van der Waals surface area (Å²) in [6.07, 6.45) is 5.91. The monoisotopic (exact) mass is 445 g/mol. The van der Waals surface area contributed by atoms with Gasteiger partial charge in [0.25, 0.3) is 5.56 Å². The molecule has 0 bridgehead atoms. The normalized spacial score (nSPS) is 15.6. The summed E-state index contributed by atoms with van der Waals surface area (Å²) in [4.78, 5) is 21.5. The van der Waals surface area contributed by atoms with Crippen molar-refractivity contribution in [1.29, 1.82) is 0 Å². The van der Waals surface area contributed by atoms with Crippen molar-refractivity contribution in [2.45, 2.75) is 32.9 Å². The summed E-state index contributed by atoms with van der Waals surface area (Å²) in [5.41, 5.74) is 4.46. The molecule has 1 fully saturated rings. The van der Waals surface area contributed by atoms with Crippen molar-refractivity contribution in [2.24, 2.45) is 0 Å². The lowest BCUT2D eigenvalue weighted by Gasteiger charge is -2.12. The first-order valence-electron chi connectivity index (χ1n) is 10.7. The molecule has 1 aliphatic heterocycles. The molecule has 0 saturated carbocycles. The summed E-state index contributed by atoms with van der Waals surface area (Å²) >= 11 is 0. The van der Waals surface area contributed by atoms with E-state index < -0.39 is 0 Å². The number of aryl methyl sites for hydroxylation is 2. The van der Waals surface area contributed by atoms with Crippen molar-refractivity contribution in [3.05, 3.63) is 76.3 Å². The zero-order valence-electron chi connectivity index (χ0n) is 18.4. The smallest absolute Gasteiger partial charge is 0.267 e. The lowest BCUT2D eigenvalue weighted by Crippen LogP contribution is -2.23. The predicted molar refractivity (Wildman–Crippen MR) is 120 cm³/mol. The second-order valence-electron chi connectivity index (χ2n) is 7.98. The van der Waals surface area contributed by atoms with Gasteiger partial charge in [0.2, 0.25) is 5.88 Å². The molecule has 0 amide bonds. The summed E-state index contributed by atoms with van der Waals surface area (Å²) in [6.45, 7) is 5.24. The molecule has 1 saturated heterocycles. The third-order valence-electron chi connectivity index (χ3n) is 5.59. The van der Waals surface area contributed by atoms with Crippen LogP contribution in [0.5, 0.6) is 5.88 Å². The fraction of sp³-hybridized carbons (Fsp3) is 0.292. The first kappa shape index (κ1) is 21.0. The second-order valence-corrected chi connectivity index (χ2v) is 7.98. The molecular weight excluding hydrogens is 422 g/mol. The van der Waals surface area contributed by atoms with Crippen molar-refractivity contribution in [3.8, 4) is 28.3 Å². The Labute approximate surface area is 190 Å². The van der Waals surface area contributed by atoms with E-state index in [4.69, 9.17) is 14.0 Å². The number of nitrogens with zero attached hydrogens (tertiary/aromatic N) is 5. The Balaban J connectivity index is 1.39. The van der Waals surface area contributed by atoms with Gasteiger partial charge in [-0.25, -0.2) is 9.67 Å². The third kappa shape index (κ3) is 4.54. The molecule has 9 heteroatoms. The molecule has 4 aromatic rings. The Morgan fingerprint density at radius 2 is 2.00 bits per heavy atom. The van der Waals surface area contributed by atoms with Crippen LogP contribution in [0.15, 0.2) is 58.2 Å². The summed E-state index contributed by atoms with van der Waals surface area (Å²) in [5.74, 6) is 1.14. The molecule has 5 heterocycles. The van der Waals surface area contributed by atoms with E-state index >= 15 is 0 Å². The first-order valence-corrected chi connectivity index (χ1v) is 10.7. The average molecular weight is 445 g/mol. The largest absolute Gasteiger partial charge is 0.472 e. The molecule has 0 N–H and O–H groups in total. The maximum Gasteiger partial charge on any atom is 0.267 e. The molecule has 4 aromatic heterocycles. The van der Waals surface area contributed by atoms with Gasteiger partial charge in [0.1, 0.15) is 17.6 Å². The van der Waals surface area contributed by atoms with Crippen LogP contribution in [0, 0.1) is 13.8 Å². The minimum absolute atomic E-state index is 0.00334. The van der Waals surface area contributed by atoms with E-state index in [2.05, 4.69) is 20.2 Å². The number of pyridine rings is 2. The minimum atomic E-state index is -0.232. The molecule has 0 spiro atoms.